The molecule has 0 aliphatic rings. The minimum Gasteiger partial charge on any atom is -0.396 e. The molecule has 0 atom stereocenters. The van der Waals surface area contributed by atoms with E-state index in [9.17, 15) is 0 Å². The van der Waals surface area contributed by atoms with Gasteiger partial charge in [-0.15, -0.1) is 0 Å². The van der Waals surface area contributed by atoms with E-state index in [0.29, 0.717) is 12.8 Å². The van der Waals surface area contributed by atoms with Gasteiger partial charge < -0.3 is 15.9 Å². The van der Waals surface area contributed by atoms with Gasteiger partial charge >= 0.3 is 0 Å². The van der Waals surface area contributed by atoms with Gasteiger partial charge in [-0.1, -0.05) is 0 Å². The monoisotopic (exact) mass is 158 g/mol. The van der Waals surface area contributed by atoms with Gasteiger partial charge in [-0.05, 0) is 12.8 Å². The molecule has 0 aromatic heterocycles. The largest absolute Gasteiger partial charge is 0.396 e. The summed E-state index contributed by atoms with van der Waals surface area (Å²) >= 11 is 0. The van der Waals surface area contributed by atoms with E-state index in [0.717, 1.165) is 0 Å². The lowest BCUT2D eigenvalue weighted by Gasteiger charge is -2.24. The summed E-state index contributed by atoms with van der Waals surface area (Å²) in [5.41, 5.74) is 4.98. The quantitative estimate of drug-likeness (QED) is 0.496. The maximum absolute atomic E-state index is 8.58. The second-order valence-corrected chi connectivity index (χ2v) is 2.64. The molecular formula is C7H14N2O2. The summed E-state index contributed by atoms with van der Waals surface area (Å²) in [5, 5.41) is 25.5. The van der Waals surface area contributed by atoms with Gasteiger partial charge in [0.25, 0.3) is 0 Å². The van der Waals surface area contributed by atoms with Gasteiger partial charge in [0.05, 0.1) is 12.5 Å². The van der Waals surface area contributed by atoms with Gasteiger partial charge in [0, 0.05) is 18.8 Å². The predicted molar refractivity (Wildman–Crippen MR) is 40.6 cm³/mol. The highest BCUT2D eigenvalue weighted by atomic mass is 16.3. The summed E-state index contributed by atoms with van der Waals surface area (Å²) in [7, 11) is 0. The van der Waals surface area contributed by atoms with Crippen molar-refractivity contribution in [2.75, 3.05) is 13.2 Å². The number of hydrogen-bond acceptors (Lipinski definition) is 4. The number of rotatable bonds is 5. The molecule has 0 heterocycles. The van der Waals surface area contributed by atoms with Gasteiger partial charge in [0.15, 0.2) is 0 Å². The molecule has 0 bridgehead atoms. The normalized spacial score (nSPS) is 11.1. The van der Waals surface area contributed by atoms with Crippen LogP contribution in [0.5, 0.6) is 0 Å². The molecular weight excluding hydrogens is 144 g/mol. The highest BCUT2D eigenvalue weighted by molar-refractivity contribution is 4.92. The zero-order valence-corrected chi connectivity index (χ0v) is 6.45. The van der Waals surface area contributed by atoms with E-state index in [-0.39, 0.29) is 19.6 Å². The standard InChI is InChI=1S/C7H14N2O2/c8-4-1-7(9,2-5-10)3-6-11/h10-11H,1-3,5-6,9H2. The van der Waals surface area contributed by atoms with Crippen LogP contribution in [-0.2, 0) is 0 Å². The van der Waals surface area contributed by atoms with Crippen molar-refractivity contribution in [3.63, 3.8) is 0 Å². The SMILES string of the molecule is N#CCC(N)(CCO)CCO. The van der Waals surface area contributed by atoms with Crippen molar-refractivity contribution in [3.05, 3.63) is 0 Å². The fraction of sp³-hybridized carbons (Fsp3) is 0.857. The van der Waals surface area contributed by atoms with Gasteiger partial charge in [-0.25, -0.2) is 0 Å². The molecule has 0 unspecified atom stereocenters. The summed E-state index contributed by atoms with van der Waals surface area (Å²) in [6.45, 7) is -0.0869. The molecule has 0 fully saturated rings. The van der Waals surface area contributed by atoms with Gasteiger partial charge in [-0.2, -0.15) is 5.26 Å². The fourth-order valence-electron chi connectivity index (χ4n) is 0.905. The molecule has 0 amide bonds. The Balaban J connectivity index is 3.92. The van der Waals surface area contributed by atoms with Crippen LogP contribution in [0.15, 0.2) is 0 Å². The first-order valence-corrected chi connectivity index (χ1v) is 3.56. The smallest absolute Gasteiger partial charge is 0.0641 e. The first-order valence-electron chi connectivity index (χ1n) is 3.56. The fourth-order valence-corrected chi connectivity index (χ4v) is 0.905. The maximum atomic E-state index is 8.58. The second-order valence-electron chi connectivity index (χ2n) is 2.64. The molecule has 0 aliphatic heterocycles. The Kier molecular flexibility index (Phi) is 4.79. The first kappa shape index (κ1) is 10.4. The zero-order valence-electron chi connectivity index (χ0n) is 6.45. The topological polar surface area (TPSA) is 90.3 Å². The molecule has 0 aliphatic carbocycles. The third-order valence-electron chi connectivity index (χ3n) is 1.65. The average Bonchev–Trinajstić information content (AvgIpc) is 1.88. The molecule has 0 aromatic rings. The molecule has 4 N–H and O–H groups in total. The summed E-state index contributed by atoms with van der Waals surface area (Å²) in [4.78, 5) is 0. The Bertz CT molecular complexity index is 136. The predicted octanol–water partition coefficient (Wildman–Crippen LogP) is -0.638. The van der Waals surface area contributed by atoms with Crippen LogP contribution in [0, 0.1) is 11.3 Å². The van der Waals surface area contributed by atoms with Crippen LogP contribution >= 0.6 is 0 Å². The summed E-state index contributed by atoms with van der Waals surface area (Å²) in [6.07, 6.45) is 0.899. The Morgan fingerprint density at radius 3 is 2.00 bits per heavy atom. The van der Waals surface area contributed by atoms with E-state index in [2.05, 4.69) is 0 Å². The third kappa shape index (κ3) is 3.94. The van der Waals surface area contributed by atoms with Gasteiger partial charge in [0.1, 0.15) is 0 Å². The van der Waals surface area contributed by atoms with Crippen LogP contribution in [0.1, 0.15) is 19.3 Å². The van der Waals surface area contributed by atoms with Crippen LogP contribution in [0.4, 0.5) is 0 Å². The van der Waals surface area contributed by atoms with E-state index in [1.165, 1.54) is 0 Å². The van der Waals surface area contributed by atoms with Crippen molar-refractivity contribution < 1.29 is 10.2 Å². The minimum absolute atomic E-state index is 0.0435. The van der Waals surface area contributed by atoms with E-state index >= 15 is 0 Å². The van der Waals surface area contributed by atoms with Crippen LogP contribution in [0.3, 0.4) is 0 Å². The van der Waals surface area contributed by atoms with Crippen molar-refractivity contribution in [2.24, 2.45) is 5.73 Å². The lowest BCUT2D eigenvalue weighted by Crippen LogP contribution is -2.41. The molecule has 4 heteroatoms. The molecule has 0 aromatic carbocycles. The zero-order chi connectivity index (χ0) is 8.74. The molecule has 0 saturated heterocycles. The molecule has 11 heavy (non-hydrogen) atoms. The van der Waals surface area contributed by atoms with E-state index in [1.54, 1.807) is 0 Å². The molecule has 4 nitrogen and oxygen atoms in total. The molecule has 0 saturated carbocycles. The maximum Gasteiger partial charge on any atom is 0.0641 e. The minimum atomic E-state index is -0.710. The first-order chi connectivity index (χ1) is 5.18. The molecule has 0 radical (unpaired) electrons. The molecule has 0 spiro atoms. The number of aliphatic hydroxyl groups excluding tert-OH is 2. The Labute approximate surface area is 66.2 Å². The van der Waals surface area contributed by atoms with Crippen LogP contribution in [-0.4, -0.2) is 29.0 Å². The van der Waals surface area contributed by atoms with Crippen LogP contribution < -0.4 is 5.73 Å². The number of aliphatic hydroxyl groups is 2. The van der Waals surface area contributed by atoms with Gasteiger partial charge in [-0.3, -0.25) is 0 Å². The number of hydrogen-bond donors (Lipinski definition) is 3. The summed E-state index contributed by atoms with van der Waals surface area (Å²) < 4.78 is 0. The second kappa shape index (κ2) is 5.08. The number of nitriles is 1. The number of nitrogens with two attached hydrogens (primary N) is 1. The van der Waals surface area contributed by atoms with Crippen LogP contribution in [0.2, 0.25) is 0 Å². The lowest BCUT2D eigenvalue weighted by atomic mass is 9.90. The van der Waals surface area contributed by atoms with Crippen molar-refractivity contribution >= 4 is 0 Å². The van der Waals surface area contributed by atoms with Crippen LogP contribution in [0.25, 0.3) is 0 Å². The third-order valence-corrected chi connectivity index (χ3v) is 1.65. The van der Waals surface area contributed by atoms with Crippen molar-refractivity contribution in [1.82, 2.24) is 0 Å². The number of nitrogens with zero attached hydrogens (tertiary/aromatic N) is 1. The van der Waals surface area contributed by atoms with Gasteiger partial charge in [0.2, 0.25) is 0 Å². The Hall–Kier alpha value is -0.630. The highest BCUT2D eigenvalue weighted by Crippen LogP contribution is 2.14. The molecule has 0 rings (SSSR count). The summed E-state index contributed by atoms with van der Waals surface area (Å²) in [6, 6.07) is 1.93. The van der Waals surface area contributed by atoms with Crippen molar-refractivity contribution in [1.29, 1.82) is 5.26 Å². The van der Waals surface area contributed by atoms with Crippen molar-refractivity contribution in [2.45, 2.75) is 24.8 Å². The Morgan fingerprint density at radius 2 is 1.73 bits per heavy atom. The average molecular weight is 158 g/mol. The summed E-state index contributed by atoms with van der Waals surface area (Å²) in [5.74, 6) is 0. The van der Waals surface area contributed by atoms with E-state index in [4.69, 9.17) is 21.2 Å². The molecule has 64 valence electrons. The van der Waals surface area contributed by atoms with Crippen molar-refractivity contribution in [3.8, 4) is 6.07 Å². The van der Waals surface area contributed by atoms with E-state index in [1.807, 2.05) is 6.07 Å². The Morgan fingerprint density at radius 1 is 1.27 bits per heavy atom. The highest BCUT2D eigenvalue weighted by Gasteiger charge is 2.22. The lowest BCUT2D eigenvalue weighted by molar-refractivity contribution is 0.195. The van der Waals surface area contributed by atoms with E-state index < -0.39 is 5.54 Å².